The molecule has 1 rings (SSSR count). The van der Waals surface area contributed by atoms with Gasteiger partial charge in [-0.2, -0.15) is 0 Å². The van der Waals surface area contributed by atoms with E-state index < -0.39 is 0 Å². The molecule has 3 N–H and O–H groups in total. The second-order valence-electron chi connectivity index (χ2n) is 7.01. The number of hydrogen-bond donors (Lipinski definition) is 2. The summed E-state index contributed by atoms with van der Waals surface area (Å²) in [5, 5.41) is 2.47. The number of unbranched alkanes of at least 4 members (excludes halogenated alkanes) is 6. The highest BCUT2D eigenvalue weighted by Gasteiger charge is 2.26. The summed E-state index contributed by atoms with van der Waals surface area (Å²) in [6.45, 7) is 7.71. The zero-order valence-corrected chi connectivity index (χ0v) is 14.7. The van der Waals surface area contributed by atoms with E-state index in [0.717, 1.165) is 6.54 Å². The topological polar surface area (TPSA) is 41.3 Å². The normalized spacial score (nSPS) is 25.1. The van der Waals surface area contributed by atoms with Gasteiger partial charge < -0.3 is 5.73 Å². The van der Waals surface area contributed by atoms with Crippen molar-refractivity contribution < 1.29 is 0 Å². The van der Waals surface area contributed by atoms with Crippen LogP contribution in [0.1, 0.15) is 91.4 Å². The average molecular weight is 298 g/mol. The van der Waals surface area contributed by atoms with Crippen LogP contribution >= 0.6 is 0 Å². The van der Waals surface area contributed by atoms with Crippen LogP contribution in [0.2, 0.25) is 0 Å². The van der Waals surface area contributed by atoms with Crippen LogP contribution in [0.5, 0.6) is 0 Å². The van der Waals surface area contributed by atoms with Gasteiger partial charge in [0.25, 0.3) is 0 Å². The van der Waals surface area contributed by atoms with Gasteiger partial charge in [-0.3, -0.25) is 5.43 Å². The fourth-order valence-corrected chi connectivity index (χ4v) is 3.47. The molecule has 126 valence electrons. The van der Waals surface area contributed by atoms with Gasteiger partial charge in [0.2, 0.25) is 0 Å². The molecule has 1 aliphatic rings. The van der Waals surface area contributed by atoms with Crippen molar-refractivity contribution in [1.29, 1.82) is 0 Å². The number of hydrogen-bond acceptors (Lipinski definition) is 3. The molecule has 0 bridgehead atoms. The summed E-state index contributed by atoms with van der Waals surface area (Å²) in [7, 11) is 0. The molecular weight excluding hydrogens is 258 g/mol. The first-order valence-corrected chi connectivity index (χ1v) is 9.43. The van der Waals surface area contributed by atoms with E-state index in [4.69, 9.17) is 5.73 Å². The van der Waals surface area contributed by atoms with Gasteiger partial charge in [-0.1, -0.05) is 58.3 Å². The summed E-state index contributed by atoms with van der Waals surface area (Å²) in [6.07, 6.45) is 14.9. The average Bonchev–Trinajstić information content (AvgIpc) is 2.48. The van der Waals surface area contributed by atoms with Gasteiger partial charge in [0, 0.05) is 24.7 Å². The van der Waals surface area contributed by atoms with E-state index in [9.17, 15) is 0 Å². The summed E-state index contributed by atoms with van der Waals surface area (Å²) in [4.78, 5) is 0. The van der Waals surface area contributed by atoms with E-state index in [-0.39, 0.29) is 0 Å². The molecule has 0 aliphatic carbocycles. The molecule has 21 heavy (non-hydrogen) atoms. The van der Waals surface area contributed by atoms with Gasteiger partial charge in [0.1, 0.15) is 0 Å². The number of hydrazine groups is 1. The van der Waals surface area contributed by atoms with Gasteiger partial charge in [0.15, 0.2) is 0 Å². The first-order chi connectivity index (χ1) is 10.2. The summed E-state index contributed by atoms with van der Waals surface area (Å²) < 4.78 is 0. The Morgan fingerprint density at radius 3 is 2.14 bits per heavy atom. The van der Waals surface area contributed by atoms with E-state index >= 15 is 0 Å². The zero-order chi connectivity index (χ0) is 15.5. The molecular formula is C18H39N3. The highest BCUT2D eigenvalue weighted by molar-refractivity contribution is 4.79. The minimum Gasteiger partial charge on any atom is -0.329 e. The van der Waals surface area contributed by atoms with Crippen molar-refractivity contribution >= 4 is 0 Å². The minimum absolute atomic E-state index is 0.462. The lowest BCUT2D eigenvalue weighted by Crippen LogP contribution is -2.57. The Bertz CT molecular complexity index is 235. The molecule has 3 unspecified atom stereocenters. The van der Waals surface area contributed by atoms with E-state index in [1.807, 2.05) is 0 Å². The molecule has 0 saturated carbocycles. The van der Waals surface area contributed by atoms with E-state index in [1.54, 1.807) is 0 Å². The highest BCUT2D eigenvalue weighted by atomic mass is 15.5. The van der Waals surface area contributed by atoms with Crippen LogP contribution in [-0.4, -0.2) is 29.7 Å². The second kappa shape index (κ2) is 11.4. The zero-order valence-electron chi connectivity index (χ0n) is 14.7. The number of rotatable bonds is 11. The maximum Gasteiger partial charge on any atom is 0.0338 e. The fraction of sp³-hybridized carbons (Fsp3) is 1.00. The van der Waals surface area contributed by atoms with Crippen molar-refractivity contribution in [2.24, 2.45) is 5.73 Å². The Balaban J connectivity index is 2.16. The number of nitrogens with one attached hydrogen (secondary N) is 1. The molecule has 0 aromatic carbocycles. The van der Waals surface area contributed by atoms with Crippen LogP contribution in [0.25, 0.3) is 0 Å². The lowest BCUT2D eigenvalue weighted by atomic mass is 9.99. The summed E-state index contributed by atoms with van der Waals surface area (Å²) >= 11 is 0. The fourth-order valence-electron chi connectivity index (χ4n) is 3.47. The summed E-state index contributed by atoms with van der Waals surface area (Å²) in [5.74, 6) is 0. The minimum atomic E-state index is 0.462. The van der Waals surface area contributed by atoms with Crippen LogP contribution in [0.15, 0.2) is 0 Å². The number of piperidine rings is 1. The van der Waals surface area contributed by atoms with Gasteiger partial charge in [-0.05, 0) is 33.1 Å². The van der Waals surface area contributed by atoms with E-state index in [1.165, 1.54) is 70.6 Å². The molecule has 0 aromatic rings. The summed E-state index contributed by atoms with van der Waals surface area (Å²) in [6, 6.07) is 1.76. The van der Waals surface area contributed by atoms with Crippen LogP contribution in [-0.2, 0) is 0 Å². The molecule has 0 spiro atoms. The standard InChI is InChI=1S/C18H39N3/c1-4-5-6-7-8-9-10-14-18(15-19)20-21-16(2)12-11-13-17(21)3/h16-18,20H,4-15,19H2,1-3H3. The molecule has 3 atom stereocenters. The van der Waals surface area contributed by atoms with Crippen LogP contribution in [0, 0.1) is 0 Å². The largest absolute Gasteiger partial charge is 0.329 e. The second-order valence-corrected chi connectivity index (χ2v) is 7.01. The third-order valence-corrected chi connectivity index (χ3v) is 4.97. The number of nitrogens with two attached hydrogens (primary N) is 1. The monoisotopic (exact) mass is 297 g/mol. The molecule has 0 amide bonds. The highest BCUT2D eigenvalue weighted by Crippen LogP contribution is 2.21. The van der Waals surface area contributed by atoms with Crippen molar-refractivity contribution in [2.45, 2.75) is 110 Å². The first kappa shape index (κ1) is 18.9. The Morgan fingerprint density at radius 1 is 1.00 bits per heavy atom. The SMILES string of the molecule is CCCCCCCCCC(CN)NN1C(C)CCCC1C. The smallest absolute Gasteiger partial charge is 0.0338 e. The van der Waals surface area contributed by atoms with Crippen molar-refractivity contribution in [3.05, 3.63) is 0 Å². The molecule has 0 aromatic heterocycles. The Labute approximate surface area is 133 Å². The maximum absolute atomic E-state index is 5.97. The van der Waals surface area contributed by atoms with Crippen molar-refractivity contribution in [2.75, 3.05) is 6.54 Å². The van der Waals surface area contributed by atoms with E-state index in [0.29, 0.717) is 18.1 Å². The van der Waals surface area contributed by atoms with Gasteiger partial charge in [-0.25, -0.2) is 5.01 Å². The van der Waals surface area contributed by atoms with Crippen LogP contribution in [0.3, 0.4) is 0 Å². The van der Waals surface area contributed by atoms with Gasteiger partial charge in [-0.15, -0.1) is 0 Å². The Hall–Kier alpha value is -0.120. The molecule has 1 saturated heterocycles. The predicted molar refractivity (Wildman–Crippen MR) is 93.2 cm³/mol. The van der Waals surface area contributed by atoms with Crippen LogP contribution in [0.4, 0.5) is 0 Å². The lowest BCUT2D eigenvalue weighted by molar-refractivity contribution is 0.0289. The molecule has 3 nitrogen and oxygen atoms in total. The maximum atomic E-state index is 5.97. The predicted octanol–water partition coefficient (Wildman–Crippen LogP) is 4.22. The third kappa shape index (κ3) is 7.62. The van der Waals surface area contributed by atoms with Gasteiger partial charge in [0.05, 0.1) is 0 Å². The molecule has 1 aliphatic heterocycles. The third-order valence-electron chi connectivity index (χ3n) is 4.97. The summed E-state index contributed by atoms with van der Waals surface area (Å²) in [5.41, 5.74) is 9.70. The first-order valence-electron chi connectivity index (χ1n) is 9.43. The van der Waals surface area contributed by atoms with E-state index in [2.05, 4.69) is 31.2 Å². The Kier molecular flexibility index (Phi) is 10.3. The van der Waals surface area contributed by atoms with Crippen molar-refractivity contribution in [3.8, 4) is 0 Å². The van der Waals surface area contributed by atoms with Crippen LogP contribution < -0.4 is 11.2 Å². The molecule has 0 radical (unpaired) electrons. The molecule has 3 heteroatoms. The molecule has 1 heterocycles. The van der Waals surface area contributed by atoms with Crippen molar-refractivity contribution in [1.82, 2.24) is 10.4 Å². The Morgan fingerprint density at radius 2 is 1.57 bits per heavy atom. The van der Waals surface area contributed by atoms with Gasteiger partial charge >= 0.3 is 0 Å². The quantitative estimate of drug-likeness (QED) is 0.561. The van der Waals surface area contributed by atoms with Crippen molar-refractivity contribution in [3.63, 3.8) is 0 Å². The lowest BCUT2D eigenvalue weighted by Gasteiger charge is -2.41. The number of nitrogens with zero attached hydrogens (tertiary/aromatic N) is 1. The molecule has 1 fully saturated rings.